The molecule has 1 rings (SSSR count). The van der Waals surface area contributed by atoms with Crippen LogP contribution in [0.25, 0.3) is 0 Å². The summed E-state index contributed by atoms with van der Waals surface area (Å²) in [6.45, 7) is 4.32. The Bertz CT molecular complexity index is 305. The van der Waals surface area contributed by atoms with Crippen molar-refractivity contribution in [2.45, 2.75) is 39.2 Å². The summed E-state index contributed by atoms with van der Waals surface area (Å²) in [6, 6.07) is 0. The van der Waals surface area contributed by atoms with Gasteiger partial charge in [-0.3, -0.25) is 9.59 Å². The van der Waals surface area contributed by atoms with E-state index < -0.39 is 17.8 Å². The highest BCUT2D eigenvalue weighted by Gasteiger charge is 2.41. The number of carbonyl (C=O) groups is 2. The summed E-state index contributed by atoms with van der Waals surface area (Å²) in [4.78, 5) is 23.2. The van der Waals surface area contributed by atoms with Crippen LogP contribution in [0.2, 0.25) is 0 Å². The van der Waals surface area contributed by atoms with Gasteiger partial charge in [0.2, 0.25) is 5.91 Å². The number of aliphatic carboxylic acids is 1. The monoisotopic (exact) mass is 257 g/mol. The molecule has 0 spiro atoms. The molecule has 1 amide bonds. The first kappa shape index (κ1) is 15.0. The van der Waals surface area contributed by atoms with Gasteiger partial charge in [-0.05, 0) is 25.7 Å². The maximum Gasteiger partial charge on any atom is 0.307 e. The summed E-state index contributed by atoms with van der Waals surface area (Å²) >= 11 is 0. The van der Waals surface area contributed by atoms with Crippen molar-refractivity contribution in [2.24, 2.45) is 17.8 Å². The van der Waals surface area contributed by atoms with E-state index in [1.165, 1.54) is 0 Å². The van der Waals surface area contributed by atoms with Crippen LogP contribution >= 0.6 is 0 Å². The fourth-order valence-electron chi connectivity index (χ4n) is 2.50. The van der Waals surface area contributed by atoms with Crippen molar-refractivity contribution in [2.75, 3.05) is 13.7 Å². The van der Waals surface area contributed by atoms with Crippen molar-refractivity contribution >= 4 is 11.9 Å². The lowest BCUT2D eigenvalue weighted by Crippen LogP contribution is -2.38. The molecular weight excluding hydrogens is 234 g/mol. The van der Waals surface area contributed by atoms with Gasteiger partial charge in [-0.2, -0.15) is 0 Å². The van der Waals surface area contributed by atoms with E-state index in [9.17, 15) is 9.59 Å². The SMILES string of the molecule is CCC1CC(C(=O)O)C(C(=O)NCC(C)OC)C1. The molecule has 1 saturated carbocycles. The third-order valence-corrected chi connectivity index (χ3v) is 3.86. The van der Waals surface area contributed by atoms with Gasteiger partial charge in [-0.15, -0.1) is 0 Å². The number of methoxy groups -OCH3 is 1. The molecule has 0 saturated heterocycles. The first-order valence-corrected chi connectivity index (χ1v) is 6.52. The summed E-state index contributed by atoms with van der Waals surface area (Å²) in [5, 5.41) is 11.9. The number of nitrogens with one attached hydrogen (secondary N) is 1. The second-order valence-corrected chi connectivity index (χ2v) is 5.09. The molecule has 0 aliphatic heterocycles. The number of rotatable bonds is 6. The van der Waals surface area contributed by atoms with Crippen molar-refractivity contribution in [3.8, 4) is 0 Å². The van der Waals surface area contributed by atoms with Gasteiger partial charge in [-0.1, -0.05) is 13.3 Å². The second kappa shape index (κ2) is 6.73. The Morgan fingerprint density at radius 3 is 2.50 bits per heavy atom. The second-order valence-electron chi connectivity index (χ2n) is 5.09. The Balaban J connectivity index is 2.56. The first-order valence-electron chi connectivity index (χ1n) is 6.52. The highest BCUT2D eigenvalue weighted by Crippen LogP contribution is 2.38. The molecule has 104 valence electrons. The highest BCUT2D eigenvalue weighted by molar-refractivity contribution is 5.85. The Labute approximate surface area is 108 Å². The van der Waals surface area contributed by atoms with Crippen molar-refractivity contribution in [3.05, 3.63) is 0 Å². The number of ether oxygens (including phenoxy) is 1. The average molecular weight is 257 g/mol. The maximum absolute atomic E-state index is 12.0. The van der Waals surface area contributed by atoms with Gasteiger partial charge in [0.1, 0.15) is 0 Å². The van der Waals surface area contributed by atoms with Crippen LogP contribution in [0.1, 0.15) is 33.1 Å². The van der Waals surface area contributed by atoms with Gasteiger partial charge < -0.3 is 15.2 Å². The van der Waals surface area contributed by atoms with E-state index >= 15 is 0 Å². The highest BCUT2D eigenvalue weighted by atomic mass is 16.5. The lowest BCUT2D eigenvalue weighted by atomic mass is 9.95. The zero-order chi connectivity index (χ0) is 13.7. The lowest BCUT2D eigenvalue weighted by Gasteiger charge is -2.17. The van der Waals surface area contributed by atoms with Gasteiger partial charge in [0.05, 0.1) is 17.9 Å². The minimum Gasteiger partial charge on any atom is -0.481 e. The van der Waals surface area contributed by atoms with Crippen LogP contribution in [0.4, 0.5) is 0 Å². The molecule has 2 N–H and O–H groups in total. The van der Waals surface area contributed by atoms with E-state index in [1.54, 1.807) is 7.11 Å². The minimum atomic E-state index is -0.856. The number of hydrogen-bond acceptors (Lipinski definition) is 3. The fraction of sp³-hybridized carbons (Fsp3) is 0.846. The van der Waals surface area contributed by atoms with E-state index in [0.29, 0.717) is 25.3 Å². The van der Waals surface area contributed by atoms with Crippen LogP contribution in [0.3, 0.4) is 0 Å². The Morgan fingerprint density at radius 1 is 1.39 bits per heavy atom. The fourth-order valence-corrected chi connectivity index (χ4v) is 2.50. The molecule has 0 heterocycles. The molecule has 5 nitrogen and oxygen atoms in total. The molecule has 0 bridgehead atoms. The van der Waals surface area contributed by atoms with E-state index in [0.717, 1.165) is 6.42 Å². The largest absolute Gasteiger partial charge is 0.481 e. The average Bonchev–Trinajstić information content (AvgIpc) is 2.79. The number of hydrogen-bond donors (Lipinski definition) is 2. The van der Waals surface area contributed by atoms with Crippen molar-refractivity contribution in [1.29, 1.82) is 0 Å². The molecule has 0 aromatic carbocycles. The van der Waals surface area contributed by atoms with Gasteiger partial charge >= 0.3 is 5.97 Å². The molecule has 0 aromatic heterocycles. The van der Waals surface area contributed by atoms with Gasteiger partial charge in [0, 0.05) is 13.7 Å². The van der Waals surface area contributed by atoms with Gasteiger partial charge in [0.25, 0.3) is 0 Å². The Kier molecular flexibility index (Phi) is 5.59. The van der Waals surface area contributed by atoms with E-state index in [4.69, 9.17) is 9.84 Å². The standard InChI is InChI=1S/C13H23NO4/c1-4-9-5-10(11(6-9)13(16)17)12(15)14-7-8(2)18-3/h8-11H,4-7H2,1-3H3,(H,14,15)(H,16,17). The minimum absolute atomic E-state index is 0.0550. The van der Waals surface area contributed by atoms with Crippen molar-refractivity contribution < 1.29 is 19.4 Å². The molecule has 4 atom stereocenters. The van der Waals surface area contributed by atoms with Crippen molar-refractivity contribution in [3.63, 3.8) is 0 Å². The number of carboxylic acid groups (broad SMARTS) is 1. The third-order valence-electron chi connectivity index (χ3n) is 3.86. The molecule has 1 aliphatic carbocycles. The van der Waals surface area contributed by atoms with Crippen LogP contribution in [0.5, 0.6) is 0 Å². The topological polar surface area (TPSA) is 75.6 Å². The number of amides is 1. The van der Waals surface area contributed by atoms with Crippen molar-refractivity contribution in [1.82, 2.24) is 5.32 Å². The third kappa shape index (κ3) is 3.70. The molecule has 0 aromatic rings. The quantitative estimate of drug-likeness (QED) is 0.751. The number of carbonyl (C=O) groups excluding carboxylic acids is 1. The lowest BCUT2D eigenvalue weighted by molar-refractivity contribution is -0.146. The zero-order valence-electron chi connectivity index (χ0n) is 11.3. The summed E-state index contributed by atoms with van der Waals surface area (Å²) in [6.07, 6.45) is 2.17. The number of carboxylic acids is 1. The molecular formula is C13H23NO4. The normalized spacial score (nSPS) is 28.9. The van der Waals surface area contributed by atoms with Crippen LogP contribution in [0.15, 0.2) is 0 Å². The molecule has 0 radical (unpaired) electrons. The summed E-state index contributed by atoms with van der Waals surface area (Å²) in [7, 11) is 1.58. The maximum atomic E-state index is 12.0. The van der Waals surface area contributed by atoms with Crippen LogP contribution in [-0.2, 0) is 14.3 Å². The zero-order valence-corrected chi connectivity index (χ0v) is 11.3. The van der Waals surface area contributed by atoms with Crippen LogP contribution < -0.4 is 5.32 Å². The van der Waals surface area contributed by atoms with E-state index in [2.05, 4.69) is 5.32 Å². The van der Waals surface area contributed by atoms with E-state index in [-0.39, 0.29) is 12.0 Å². The Hall–Kier alpha value is -1.10. The summed E-state index contributed by atoms with van der Waals surface area (Å²) in [5.74, 6) is -1.58. The Morgan fingerprint density at radius 2 is 2.00 bits per heavy atom. The van der Waals surface area contributed by atoms with Crippen LogP contribution in [-0.4, -0.2) is 36.7 Å². The van der Waals surface area contributed by atoms with E-state index in [1.807, 2.05) is 13.8 Å². The summed E-state index contributed by atoms with van der Waals surface area (Å²) in [5.41, 5.74) is 0. The first-order chi connectivity index (χ1) is 8.49. The summed E-state index contributed by atoms with van der Waals surface area (Å²) < 4.78 is 5.05. The predicted octanol–water partition coefficient (Wildman–Crippen LogP) is 1.27. The molecule has 1 fully saturated rings. The van der Waals surface area contributed by atoms with Crippen LogP contribution in [0, 0.1) is 17.8 Å². The smallest absolute Gasteiger partial charge is 0.307 e. The molecule has 1 aliphatic rings. The molecule has 4 unspecified atom stereocenters. The van der Waals surface area contributed by atoms with Gasteiger partial charge in [0.15, 0.2) is 0 Å². The van der Waals surface area contributed by atoms with Gasteiger partial charge in [-0.25, -0.2) is 0 Å². The molecule has 18 heavy (non-hydrogen) atoms. The molecule has 5 heteroatoms. The predicted molar refractivity (Wildman–Crippen MR) is 67.1 cm³/mol.